The molecule has 1 aliphatic heterocycles. The van der Waals surface area contributed by atoms with Gasteiger partial charge in [-0.2, -0.15) is 17.0 Å². The van der Waals surface area contributed by atoms with Crippen molar-refractivity contribution in [3.05, 3.63) is 42.8 Å². The number of piperazine rings is 1. The van der Waals surface area contributed by atoms with E-state index in [-0.39, 0.29) is 25.3 Å². The Morgan fingerprint density at radius 1 is 1.19 bits per heavy atom. The minimum Gasteiger partial charge on any atom is -0.374 e. The lowest BCUT2D eigenvalue weighted by molar-refractivity contribution is -0.0657. The molecule has 1 radical (unpaired) electrons. The summed E-state index contributed by atoms with van der Waals surface area (Å²) in [5.74, 6) is 0.0890. The predicted molar refractivity (Wildman–Crippen MR) is 105 cm³/mol. The zero-order valence-electron chi connectivity index (χ0n) is 16.1. The molecule has 26 heavy (non-hydrogen) atoms. The minimum absolute atomic E-state index is 0.0849. The van der Waals surface area contributed by atoms with Crippen LogP contribution in [0.5, 0.6) is 0 Å². The maximum absolute atomic E-state index is 13.4. The minimum atomic E-state index is -3.78. The summed E-state index contributed by atoms with van der Waals surface area (Å²) in [6, 6.07) is 9.48. The number of hydrogen-bond acceptors (Lipinski definition) is 4. The molecule has 0 aliphatic carbocycles. The topological polar surface area (TPSA) is 64.1 Å². The number of hydrogen-bond donors (Lipinski definition) is 1. The van der Waals surface area contributed by atoms with E-state index in [0.29, 0.717) is 26.2 Å². The van der Waals surface area contributed by atoms with Gasteiger partial charge in [-0.25, -0.2) is 0 Å². The molecule has 1 aromatic rings. The second-order valence-corrected chi connectivity index (χ2v) is 9.38. The van der Waals surface area contributed by atoms with E-state index in [4.69, 9.17) is 0 Å². The maximum Gasteiger partial charge on any atom is 0.284 e. The van der Waals surface area contributed by atoms with E-state index in [1.807, 2.05) is 51.2 Å². The molecule has 1 unspecified atom stereocenters. The van der Waals surface area contributed by atoms with Crippen molar-refractivity contribution in [3.8, 4) is 0 Å². The second kappa shape index (κ2) is 8.80. The maximum atomic E-state index is 13.4. The molecular formula is C19H32N3O3S. The van der Waals surface area contributed by atoms with Crippen molar-refractivity contribution < 1.29 is 13.5 Å². The van der Waals surface area contributed by atoms with E-state index < -0.39 is 15.9 Å². The summed E-state index contributed by atoms with van der Waals surface area (Å²) in [6.07, 6.45) is 0.304. The Labute approximate surface area is 158 Å². The molecule has 0 spiro atoms. The molecule has 6 nitrogen and oxygen atoms in total. The molecule has 7 heteroatoms. The third kappa shape index (κ3) is 5.04. The van der Waals surface area contributed by atoms with Gasteiger partial charge >= 0.3 is 0 Å². The smallest absolute Gasteiger partial charge is 0.284 e. The van der Waals surface area contributed by atoms with E-state index in [2.05, 4.69) is 11.8 Å². The Hall–Kier alpha value is -0.990. The largest absolute Gasteiger partial charge is 0.374 e. The first-order valence-corrected chi connectivity index (χ1v) is 10.6. The molecule has 0 amide bonds. The van der Waals surface area contributed by atoms with Crippen molar-refractivity contribution in [3.63, 3.8) is 0 Å². The van der Waals surface area contributed by atoms with Crippen LogP contribution in [0.3, 0.4) is 0 Å². The van der Waals surface area contributed by atoms with Crippen LogP contribution >= 0.6 is 0 Å². The molecular weight excluding hydrogens is 350 g/mol. The van der Waals surface area contributed by atoms with Crippen LogP contribution in [0.15, 0.2) is 30.3 Å². The first-order valence-electron chi connectivity index (χ1n) is 9.21. The number of nitrogens with zero attached hydrogens (tertiary/aromatic N) is 3. The molecule has 0 saturated carbocycles. The molecule has 147 valence electrons. The van der Waals surface area contributed by atoms with Gasteiger partial charge in [0.2, 0.25) is 0 Å². The van der Waals surface area contributed by atoms with Gasteiger partial charge in [0, 0.05) is 39.1 Å². The zero-order chi connectivity index (χ0) is 19.4. The van der Waals surface area contributed by atoms with Gasteiger partial charge in [0.1, 0.15) is 5.72 Å². The number of aliphatic hydroxyl groups is 1. The van der Waals surface area contributed by atoms with Crippen molar-refractivity contribution in [2.24, 2.45) is 5.92 Å². The Balaban J connectivity index is 2.34. The van der Waals surface area contributed by atoms with Crippen LogP contribution < -0.4 is 0 Å². The summed E-state index contributed by atoms with van der Waals surface area (Å²) in [5.41, 5.74) is -0.658. The Morgan fingerprint density at radius 3 is 2.27 bits per heavy atom. The fourth-order valence-electron chi connectivity index (χ4n) is 3.19. The molecule has 0 aromatic heterocycles. The fraction of sp³-hybridized carbons (Fsp3) is 0.632. The highest BCUT2D eigenvalue weighted by Crippen LogP contribution is 2.28. The Morgan fingerprint density at radius 2 is 1.77 bits per heavy atom. The molecule has 1 aromatic carbocycles. The molecule has 1 fully saturated rings. The van der Waals surface area contributed by atoms with Crippen molar-refractivity contribution in [2.75, 3.05) is 39.8 Å². The van der Waals surface area contributed by atoms with Crippen molar-refractivity contribution in [2.45, 2.75) is 32.4 Å². The quantitative estimate of drug-likeness (QED) is 0.694. The van der Waals surface area contributed by atoms with Crippen molar-refractivity contribution >= 4 is 10.2 Å². The third-order valence-corrected chi connectivity index (χ3v) is 6.86. The van der Waals surface area contributed by atoms with E-state index in [0.717, 1.165) is 5.56 Å². The zero-order valence-corrected chi connectivity index (χ0v) is 17.0. The first-order chi connectivity index (χ1) is 12.2. The highest BCUT2D eigenvalue weighted by molar-refractivity contribution is 7.86. The monoisotopic (exact) mass is 382 g/mol. The molecule has 1 saturated heterocycles. The van der Waals surface area contributed by atoms with Gasteiger partial charge in [-0.1, -0.05) is 44.2 Å². The lowest BCUT2D eigenvalue weighted by Crippen LogP contribution is -2.60. The first kappa shape index (κ1) is 21.3. The van der Waals surface area contributed by atoms with Gasteiger partial charge in [0.25, 0.3) is 10.2 Å². The lowest BCUT2D eigenvalue weighted by Gasteiger charge is -2.43. The van der Waals surface area contributed by atoms with Crippen LogP contribution in [-0.2, 0) is 16.6 Å². The van der Waals surface area contributed by atoms with Gasteiger partial charge < -0.3 is 10.0 Å². The third-order valence-electron chi connectivity index (χ3n) is 4.79. The van der Waals surface area contributed by atoms with E-state index in [9.17, 15) is 13.5 Å². The van der Waals surface area contributed by atoms with Crippen molar-refractivity contribution in [1.82, 2.24) is 13.5 Å². The van der Waals surface area contributed by atoms with Gasteiger partial charge in [0.15, 0.2) is 0 Å². The van der Waals surface area contributed by atoms with Gasteiger partial charge in [0.05, 0.1) is 0 Å². The number of likely N-dealkylation sites (N-methyl/N-ethyl adjacent to an activating group) is 1. The highest BCUT2D eigenvalue weighted by atomic mass is 32.2. The second-order valence-electron chi connectivity index (χ2n) is 7.53. The van der Waals surface area contributed by atoms with Crippen LogP contribution in [0.25, 0.3) is 0 Å². The SMILES string of the molecule is [CH2]CC(O)(Cc1ccccc1)N(CC(C)C)S(=O)(=O)N1CCN(C)CC1. The van der Waals surface area contributed by atoms with Crippen molar-refractivity contribution in [1.29, 1.82) is 0 Å². The predicted octanol–water partition coefficient (Wildman–Crippen LogP) is 1.59. The highest BCUT2D eigenvalue weighted by Gasteiger charge is 2.44. The molecule has 1 N–H and O–H groups in total. The van der Waals surface area contributed by atoms with Gasteiger partial charge in [-0.15, -0.1) is 0 Å². The molecule has 1 atom stereocenters. The Bertz CT molecular complexity index is 658. The van der Waals surface area contributed by atoms with Crippen LogP contribution in [0, 0.1) is 12.8 Å². The van der Waals surface area contributed by atoms with Gasteiger partial charge in [-0.05, 0) is 31.9 Å². The lowest BCUT2D eigenvalue weighted by atomic mass is 9.99. The molecule has 1 heterocycles. The summed E-state index contributed by atoms with van der Waals surface area (Å²) in [4.78, 5) is 2.11. The summed E-state index contributed by atoms with van der Waals surface area (Å²) in [5, 5.41) is 11.3. The van der Waals surface area contributed by atoms with E-state index >= 15 is 0 Å². The standard InChI is InChI=1S/C19H32N3O3S/c1-5-19(23,15-18-9-7-6-8-10-18)22(16-17(2)3)26(24,25)21-13-11-20(4)12-14-21/h6-10,17,23H,1,5,11-16H2,2-4H3. The average Bonchev–Trinajstić information content (AvgIpc) is 2.60. The van der Waals surface area contributed by atoms with Crippen LogP contribution in [0.1, 0.15) is 25.8 Å². The number of rotatable bonds is 8. The molecule has 0 bridgehead atoms. The summed E-state index contributed by atoms with van der Waals surface area (Å²) in [6.45, 7) is 10.3. The van der Waals surface area contributed by atoms with Gasteiger partial charge in [-0.3, -0.25) is 0 Å². The average molecular weight is 383 g/mol. The summed E-state index contributed by atoms with van der Waals surface area (Å²) < 4.78 is 29.5. The van der Waals surface area contributed by atoms with Crippen LogP contribution in [0.2, 0.25) is 0 Å². The van der Waals surface area contributed by atoms with E-state index in [1.54, 1.807) is 0 Å². The fourth-order valence-corrected chi connectivity index (χ4v) is 5.17. The number of benzene rings is 1. The molecule has 1 aliphatic rings. The molecule has 2 rings (SSSR count). The van der Waals surface area contributed by atoms with Crippen LogP contribution in [-0.4, -0.2) is 72.5 Å². The normalized spacial score (nSPS) is 19.8. The van der Waals surface area contributed by atoms with Crippen LogP contribution in [0.4, 0.5) is 0 Å². The Kier molecular flexibility index (Phi) is 7.21. The van der Waals surface area contributed by atoms with E-state index in [1.165, 1.54) is 8.61 Å². The summed E-state index contributed by atoms with van der Waals surface area (Å²) >= 11 is 0. The summed E-state index contributed by atoms with van der Waals surface area (Å²) in [7, 11) is -1.80.